The molecular weight excluding hydrogens is 464 g/mol. The van der Waals surface area contributed by atoms with Crippen LogP contribution in [0.3, 0.4) is 0 Å². The number of piperidine rings is 1. The van der Waals surface area contributed by atoms with Gasteiger partial charge in [-0.05, 0) is 58.4 Å². The molecule has 0 amide bonds. The van der Waals surface area contributed by atoms with Crippen LogP contribution in [0.1, 0.15) is 30.9 Å². The van der Waals surface area contributed by atoms with E-state index < -0.39 is 11.6 Å². The molecule has 1 aliphatic heterocycles. The highest BCUT2D eigenvalue weighted by Crippen LogP contribution is 2.35. The normalized spacial score (nSPS) is 14.2. The lowest BCUT2D eigenvalue weighted by molar-refractivity contribution is 0.206. The minimum absolute atomic E-state index is 0.0505. The van der Waals surface area contributed by atoms with Crippen LogP contribution in [-0.2, 0) is 13.0 Å². The molecule has 36 heavy (non-hydrogen) atoms. The van der Waals surface area contributed by atoms with Crippen LogP contribution < -0.4 is 9.64 Å². The second kappa shape index (κ2) is 10.8. The van der Waals surface area contributed by atoms with Gasteiger partial charge in [0.05, 0.1) is 13.2 Å². The highest BCUT2D eigenvalue weighted by Gasteiger charge is 2.25. The smallest absolute Gasteiger partial charge is 0.225 e. The van der Waals surface area contributed by atoms with Gasteiger partial charge >= 0.3 is 0 Å². The van der Waals surface area contributed by atoms with Gasteiger partial charge in [0.25, 0.3) is 0 Å². The fourth-order valence-electron chi connectivity index (χ4n) is 4.41. The average molecular weight is 492 g/mol. The summed E-state index contributed by atoms with van der Waals surface area (Å²) in [6, 6.07) is 10.5. The molecule has 3 heterocycles. The average Bonchev–Trinajstić information content (AvgIpc) is 3.44. The van der Waals surface area contributed by atoms with E-state index in [1.54, 1.807) is 0 Å². The summed E-state index contributed by atoms with van der Waals surface area (Å²) < 4.78 is 38.0. The van der Waals surface area contributed by atoms with Crippen LogP contribution in [0.25, 0.3) is 11.1 Å². The van der Waals surface area contributed by atoms with E-state index in [4.69, 9.17) is 4.74 Å². The van der Waals surface area contributed by atoms with Crippen molar-refractivity contribution in [3.63, 3.8) is 0 Å². The molecule has 2 aromatic carbocycles. The molecule has 8 nitrogen and oxygen atoms in total. The number of ether oxygens (including phenoxy) is 1. The fraction of sp³-hybridized carbons (Fsp3) is 0.346. The van der Waals surface area contributed by atoms with E-state index in [0.717, 1.165) is 37.9 Å². The number of anilines is 1. The van der Waals surface area contributed by atoms with E-state index in [-0.39, 0.29) is 30.4 Å². The molecule has 0 bridgehead atoms. The minimum Gasteiger partial charge on any atom is -0.487 e. The van der Waals surface area contributed by atoms with Crippen molar-refractivity contribution in [2.75, 3.05) is 24.6 Å². The van der Waals surface area contributed by atoms with Crippen molar-refractivity contribution in [2.45, 2.75) is 32.7 Å². The van der Waals surface area contributed by atoms with Crippen LogP contribution >= 0.6 is 0 Å². The lowest BCUT2D eigenvalue weighted by Gasteiger charge is -2.32. The Morgan fingerprint density at radius 3 is 2.47 bits per heavy atom. The first-order valence-electron chi connectivity index (χ1n) is 12.1. The third kappa shape index (κ3) is 5.17. The first-order chi connectivity index (χ1) is 17.6. The monoisotopic (exact) mass is 491 g/mol. The van der Waals surface area contributed by atoms with Crippen molar-refractivity contribution < 1.29 is 13.5 Å². The zero-order valence-electron chi connectivity index (χ0n) is 20.0. The number of hydrogen-bond acceptors (Lipinski definition) is 7. The van der Waals surface area contributed by atoms with E-state index in [1.165, 1.54) is 17.1 Å². The van der Waals surface area contributed by atoms with Crippen molar-refractivity contribution in [3.8, 4) is 16.9 Å². The number of benzene rings is 2. The van der Waals surface area contributed by atoms with Gasteiger partial charge in [-0.25, -0.2) is 23.4 Å². The number of tetrazole rings is 1. The largest absolute Gasteiger partial charge is 0.487 e. The van der Waals surface area contributed by atoms with Crippen LogP contribution in [0, 0.1) is 17.6 Å². The summed E-state index contributed by atoms with van der Waals surface area (Å²) in [5.41, 5.74) is 2.51. The Bertz CT molecular complexity index is 1280. The first-order valence-corrected chi connectivity index (χ1v) is 12.1. The van der Waals surface area contributed by atoms with Crippen LogP contribution in [0.4, 0.5) is 14.7 Å². The Morgan fingerprint density at radius 2 is 1.81 bits per heavy atom. The van der Waals surface area contributed by atoms with Gasteiger partial charge < -0.3 is 9.64 Å². The molecule has 0 radical (unpaired) electrons. The molecule has 0 saturated carbocycles. The lowest BCUT2D eigenvalue weighted by Crippen LogP contribution is -2.36. The van der Waals surface area contributed by atoms with E-state index in [2.05, 4.69) is 37.3 Å². The van der Waals surface area contributed by atoms with E-state index >= 15 is 8.78 Å². The SMILES string of the molecule is CCc1cnc(N2CCC(COc3c(F)cc(-c4ccccc4)c(Cn4cnnn4)c3F)CC2)nc1. The standard InChI is InChI=1S/C26H27F2N7O/c1-2-18-13-29-26(30-14-18)34-10-8-19(9-11-34)16-36-25-23(27)12-21(20-6-4-3-5-7-20)22(24(25)28)15-35-17-31-32-33-35/h3-7,12-14,17,19H,2,8-11,15-16H2,1H3. The Balaban J connectivity index is 1.30. The number of rotatable bonds is 8. The van der Waals surface area contributed by atoms with Gasteiger partial charge in [-0.2, -0.15) is 0 Å². The molecule has 1 saturated heterocycles. The van der Waals surface area contributed by atoms with Crippen LogP contribution in [0.15, 0.2) is 55.1 Å². The summed E-state index contributed by atoms with van der Waals surface area (Å²) in [6.07, 6.45) is 7.65. The van der Waals surface area contributed by atoms with Crippen molar-refractivity contribution in [3.05, 3.63) is 77.9 Å². The number of aromatic nitrogens is 6. The molecule has 0 atom stereocenters. The molecule has 0 N–H and O–H groups in total. The van der Waals surface area contributed by atoms with Crippen molar-refractivity contribution >= 4 is 5.95 Å². The lowest BCUT2D eigenvalue weighted by atomic mass is 9.97. The predicted octanol–water partition coefficient (Wildman–Crippen LogP) is 4.31. The quantitative estimate of drug-likeness (QED) is 0.363. The summed E-state index contributed by atoms with van der Waals surface area (Å²) in [5, 5.41) is 11.1. The van der Waals surface area contributed by atoms with E-state index in [1.807, 2.05) is 42.7 Å². The number of nitrogens with zero attached hydrogens (tertiary/aromatic N) is 7. The summed E-state index contributed by atoms with van der Waals surface area (Å²) in [4.78, 5) is 11.0. The third-order valence-electron chi connectivity index (χ3n) is 6.53. The van der Waals surface area contributed by atoms with E-state index in [0.29, 0.717) is 17.1 Å². The summed E-state index contributed by atoms with van der Waals surface area (Å²) in [6.45, 7) is 3.88. The number of hydrogen-bond donors (Lipinski definition) is 0. The van der Waals surface area contributed by atoms with E-state index in [9.17, 15) is 0 Å². The van der Waals surface area contributed by atoms with Crippen LogP contribution in [0.2, 0.25) is 0 Å². The molecule has 186 valence electrons. The summed E-state index contributed by atoms with van der Waals surface area (Å²) in [7, 11) is 0. The number of halogens is 2. The molecule has 1 fully saturated rings. The maximum atomic E-state index is 15.7. The molecule has 4 aromatic rings. The minimum atomic E-state index is -0.730. The Labute approximate surface area is 208 Å². The van der Waals surface area contributed by atoms with Crippen molar-refractivity contribution in [1.82, 2.24) is 30.2 Å². The predicted molar refractivity (Wildman–Crippen MR) is 131 cm³/mol. The van der Waals surface area contributed by atoms with Crippen molar-refractivity contribution in [1.29, 1.82) is 0 Å². The highest BCUT2D eigenvalue weighted by molar-refractivity contribution is 5.69. The molecular formula is C26H27F2N7O. The Hall–Kier alpha value is -3.95. The van der Waals surface area contributed by atoms with Gasteiger partial charge in [-0.15, -0.1) is 5.10 Å². The molecule has 5 rings (SSSR count). The summed E-state index contributed by atoms with van der Waals surface area (Å²) in [5.74, 6) is -0.933. The molecule has 1 aliphatic rings. The van der Waals surface area contributed by atoms with Gasteiger partial charge in [0.15, 0.2) is 17.4 Å². The maximum absolute atomic E-state index is 15.7. The molecule has 2 aromatic heterocycles. The van der Waals surface area contributed by atoms with Crippen LogP contribution in [0.5, 0.6) is 5.75 Å². The molecule has 10 heteroatoms. The molecule has 0 unspecified atom stereocenters. The van der Waals surface area contributed by atoms with Gasteiger partial charge in [0.1, 0.15) is 6.33 Å². The number of aryl methyl sites for hydroxylation is 1. The Kier molecular flexibility index (Phi) is 7.11. The maximum Gasteiger partial charge on any atom is 0.225 e. The topological polar surface area (TPSA) is 81.9 Å². The second-order valence-electron chi connectivity index (χ2n) is 8.89. The summed E-state index contributed by atoms with van der Waals surface area (Å²) >= 11 is 0. The zero-order chi connectivity index (χ0) is 24.9. The first kappa shape index (κ1) is 23.8. The van der Waals surface area contributed by atoms with Gasteiger partial charge in [-0.1, -0.05) is 37.3 Å². The second-order valence-corrected chi connectivity index (χ2v) is 8.89. The fourth-order valence-corrected chi connectivity index (χ4v) is 4.41. The van der Waals surface area contributed by atoms with Gasteiger partial charge in [-0.3, -0.25) is 0 Å². The molecule has 0 spiro atoms. The third-order valence-corrected chi connectivity index (χ3v) is 6.53. The Morgan fingerprint density at radius 1 is 1.06 bits per heavy atom. The molecule has 0 aliphatic carbocycles. The van der Waals surface area contributed by atoms with Gasteiger partial charge in [0.2, 0.25) is 5.95 Å². The van der Waals surface area contributed by atoms with Crippen molar-refractivity contribution in [2.24, 2.45) is 5.92 Å². The zero-order valence-corrected chi connectivity index (χ0v) is 20.0. The highest BCUT2D eigenvalue weighted by atomic mass is 19.1. The van der Waals surface area contributed by atoms with Crippen LogP contribution in [-0.4, -0.2) is 49.9 Å². The van der Waals surface area contributed by atoms with Gasteiger partial charge in [0, 0.05) is 31.0 Å².